The number of methoxy groups -OCH3 is 1. The molecule has 1 aromatic carbocycles. The first-order chi connectivity index (χ1) is 14.7. The van der Waals surface area contributed by atoms with Crippen LogP contribution in [-0.2, 0) is 11.3 Å². The highest BCUT2D eigenvalue weighted by Crippen LogP contribution is 2.30. The third kappa shape index (κ3) is 7.13. The van der Waals surface area contributed by atoms with Crippen LogP contribution in [0.2, 0.25) is 0 Å². The Hall–Kier alpha value is -2.27. The second-order valence-electron chi connectivity index (χ2n) is 6.70. The molecule has 0 amide bonds. The van der Waals surface area contributed by atoms with Crippen LogP contribution in [0.3, 0.4) is 0 Å². The molecule has 2 aromatic rings. The minimum Gasteiger partial charge on any atom is -0.493 e. The Bertz CT molecular complexity index is 844. The normalized spacial score (nSPS) is 13.9. The summed E-state index contributed by atoms with van der Waals surface area (Å²) in [5, 5.41) is 6.64. The van der Waals surface area contributed by atoms with Crippen molar-refractivity contribution in [2.75, 3.05) is 56.8 Å². The van der Waals surface area contributed by atoms with Gasteiger partial charge in [-0.15, -0.1) is 24.0 Å². The van der Waals surface area contributed by atoms with Gasteiger partial charge >= 0.3 is 0 Å². The molecule has 1 aliphatic heterocycles. The van der Waals surface area contributed by atoms with Crippen molar-refractivity contribution in [3.8, 4) is 11.5 Å². The number of rotatable bonds is 8. The zero-order valence-electron chi connectivity index (χ0n) is 18.4. The lowest BCUT2D eigenvalue weighted by molar-refractivity contribution is 0.122. The van der Waals surface area contributed by atoms with Crippen molar-refractivity contribution in [1.29, 1.82) is 0 Å². The van der Waals surface area contributed by atoms with Gasteiger partial charge in [0.05, 0.1) is 33.5 Å². The van der Waals surface area contributed by atoms with Gasteiger partial charge < -0.3 is 29.7 Å². The smallest absolute Gasteiger partial charge is 0.196 e. The SMILES string of the molecule is CCNC(=NCc1cccnc1N1CCOCC1)Nc1ccc(OC)c(OCC)c1.I. The van der Waals surface area contributed by atoms with Gasteiger partial charge in [0.15, 0.2) is 17.5 Å². The van der Waals surface area contributed by atoms with Crippen LogP contribution in [0.1, 0.15) is 19.4 Å². The molecule has 1 fully saturated rings. The molecule has 1 saturated heterocycles. The number of anilines is 2. The van der Waals surface area contributed by atoms with Crippen molar-refractivity contribution < 1.29 is 14.2 Å². The summed E-state index contributed by atoms with van der Waals surface area (Å²) in [5.74, 6) is 3.07. The summed E-state index contributed by atoms with van der Waals surface area (Å²) < 4.78 is 16.5. The topological polar surface area (TPSA) is 80.2 Å². The second-order valence-corrected chi connectivity index (χ2v) is 6.70. The summed E-state index contributed by atoms with van der Waals surface area (Å²) in [6, 6.07) is 9.77. The van der Waals surface area contributed by atoms with E-state index in [0.717, 1.165) is 49.9 Å². The van der Waals surface area contributed by atoms with E-state index in [9.17, 15) is 0 Å². The van der Waals surface area contributed by atoms with Crippen molar-refractivity contribution in [2.24, 2.45) is 4.99 Å². The summed E-state index contributed by atoms with van der Waals surface area (Å²) in [7, 11) is 1.64. The number of aliphatic imine (C=N–C) groups is 1. The first kappa shape index (κ1) is 25.0. The third-order valence-corrected chi connectivity index (χ3v) is 4.66. The molecule has 0 aliphatic carbocycles. The maximum atomic E-state index is 5.67. The Morgan fingerprint density at radius 2 is 2.00 bits per heavy atom. The van der Waals surface area contributed by atoms with Crippen LogP contribution < -0.4 is 25.0 Å². The Kier molecular flexibility index (Phi) is 10.6. The number of benzene rings is 1. The van der Waals surface area contributed by atoms with E-state index in [2.05, 4.69) is 26.6 Å². The quantitative estimate of drug-likeness (QED) is 0.301. The molecule has 1 aromatic heterocycles. The standard InChI is InChI=1S/C22H31N5O3.HI/c1-4-23-22(26-18-8-9-19(28-3)20(15-18)30-5-2)25-16-17-7-6-10-24-21(17)27-11-13-29-14-12-27;/h6-10,15H,4-5,11-14,16H2,1-3H3,(H2,23,25,26);1H. The lowest BCUT2D eigenvalue weighted by atomic mass is 10.2. The summed E-state index contributed by atoms with van der Waals surface area (Å²) >= 11 is 0. The van der Waals surface area contributed by atoms with E-state index in [1.165, 1.54) is 0 Å². The predicted molar refractivity (Wildman–Crippen MR) is 135 cm³/mol. The van der Waals surface area contributed by atoms with E-state index in [-0.39, 0.29) is 24.0 Å². The molecule has 0 saturated carbocycles. The largest absolute Gasteiger partial charge is 0.493 e. The van der Waals surface area contributed by atoms with E-state index in [1.807, 2.05) is 44.3 Å². The van der Waals surface area contributed by atoms with Gasteiger partial charge in [-0.2, -0.15) is 0 Å². The maximum absolute atomic E-state index is 5.67. The Morgan fingerprint density at radius 1 is 1.19 bits per heavy atom. The summed E-state index contributed by atoms with van der Waals surface area (Å²) in [4.78, 5) is 11.6. The van der Waals surface area contributed by atoms with Crippen LogP contribution in [0.25, 0.3) is 0 Å². The molecule has 2 heterocycles. The number of aromatic nitrogens is 1. The van der Waals surface area contributed by atoms with Crippen LogP contribution in [-0.4, -0.2) is 57.5 Å². The zero-order valence-corrected chi connectivity index (χ0v) is 20.7. The number of nitrogens with zero attached hydrogens (tertiary/aromatic N) is 3. The number of nitrogens with one attached hydrogen (secondary N) is 2. The van der Waals surface area contributed by atoms with Gasteiger partial charge in [-0.1, -0.05) is 6.07 Å². The third-order valence-electron chi connectivity index (χ3n) is 4.66. The molecule has 0 bridgehead atoms. The fraction of sp³-hybridized carbons (Fsp3) is 0.455. The fourth-order valence-corrected chi connectivity index (χ4v) is 3.24. The number of morpholine rings is 1. The molecule has 9 heteroatoms. The minimum absolute atomic E-state index is 0. The van der Waals surface area contributed by atoms with Crippen LogP contribution in [0.5, 0.6) is 11.5 Å². The van der Waals surface area contributed by atoms with Crippen molar-refractivity contribution in [2.45, 2.75) is 20.4 Å². The maximum Gasteiger partial charge on any atom is 0.196 e. The Morgan fingerprint density at radius 3 is 2.71 bits per heavy atom. The number of guanidine groups is 1. The van der Waals surface area contributed by atoms with Crippen LogP contribution in [0.4, 0.5) is 11.5 Å². The molecular weight excluding hydrogens is 509 g/mol. The number of ether oxygens (including phenoxy) is 3. The molecule has 0 unspecified atom stereocenters. The molecule has 2 N–H and O–H groups in total. The first-order valence-electron chi connectivity index (χ1n) is 10.4. The first-order valence-corrected chi connectivity index (χ1v) is 10.4. The number of halogens is 1. The highest BCUT2D eigenvalue weighted by molar-refractivity contribution is 14.0. The van der Waals surface area contributed by atoms with Gasteiger partial charge in [-0.25, -0.2) is 9.98 Å². The summed E-state index contributed by atoms with van der Waals surface area (Å²) in [6.45, 7) is 8.97. The number of hydrogen-bond donors (Lipinski definition) is 2. The Labute approximate surface area is 201 Å². The van der Waals surface area contributed by atoms with Gasteiger partial charge in [-0.05, 0) is 32.0 Å². The number of pyridine rings is 1. The van der Waals surface area contributed by atoms with Gasteiger partial charge in [0.25, 0.3) is 0 Å². The van der Waals surface area contributed by atoms with Crippen LogP contribution >= 0.6 is 24.0 Å². The molecule has 3 rings (SSSR count). The zero-order chi connectivity index (χ0) is 21.2. The lowest BCUT2D eigenvalue weighted by Gasteiger charge is -2.29. The molecular formula is C22H32IN5O3. The van der Waals surface area contributed by atoms with E-state index in [0.29, 0.717) is 30.6 Å². The van der Waals surface area contributed by atoms with E-state index >= 15 is 0 Å². The van der Waals surface area contributed by atoms with Crippen molar-refractivity contribution in [3.63, 3.8) is 0 Å². The van der Waals surface area contributed by atoms with Crippen molar-refractivity contribution in [1.82, 2.24) is 10.3 Å². The molecule has 8 nitrogen and oxygen atoms in total. The summed E-state index contributed by atoms with van der Waals surface area (Å²) in [5.41, 5.74) is 1.96. The molecule has 0 spiro atoms. The highest BCUT2D eigenvalue weighted by Gasteiger charge is 2.15. The minimum atomic E-state index is 0. The van der Waals surface area contributed by atoms with E-state index < -0.39 is 0 Å². The molecule has 1 aliphatic rings. The molecule has 0 radical (unpaired) electrons. The van der Waals surface area contributed by atoms with E-state index in [1.54, 1.807) is 7.11 Å². The van der Waals surface area contributed by atoms with Gasteiger partial charge in [0.1, 0.15) is 5.82 Å². The van der Waals surface area contributed by atoms with Crippen LogP contribution in [0, 0.1) is 0 Å². The van der Waals surface area contributed by atoms with Crippen molar-refractivity contribution in [3.05, 3.63) is 42.1 Å². The average molecular weight is 541 g/mol. The molecule has 170 valence electrons. The highest BCUT2D eigenvalue weighted by atomic mass is 127. The second kappa shape index (κ2) is 13.2. The number of hydrogen-bond acceptors (Lipinski definition) is 6. The lowest BCUT2D eigenvalue weighted by Crippen LogP contribution is -2.37. The van der Waals surface area contributed by atoms with Gasteiger partial charge in [-0.3, -0.25) is 0 Å². The fourth-order valence-electron chi connectivity index (χ4n) is 3.24. The molecule has 31 heavy (non-hydrogen) atoms. The predicted octanol–water partition coefficient (Wildman–Crippen LogP) is 3.52. The summed E-state index contributed by atoms with van der Waals surface area (Å²) in [6.07, 6.45) is 1.83. The van der Waals surface area contributed by atoms with E-state index in [4.69, 9.17) is 19.2 Å². The average Bonchev–Trinajstić information content (AvgIpc) is 2.79. The van der Waals surface area contributed by atoms with Gasteiger partial charge in [0.2, 0.25) is 0 Å². The van der Waals surface area contributed by atoms with Crippen molar-refractivity contribution >= 4 is 41.4 Å². The Balaban J connectivity index is 0.00000341. The van der Waals surface area contributed by atoms with Gasteiger partial charge in [0, 0.05) is 43.1 Å². The monoisotopic (exact) mass is 541 g/mol. The van der Waals surface area contributed by atoms with Crippen LogP contribution in [0.15, 0.2) is 41.5 Å². The molecule has 0 atom stereocenters.